The number of hydrogen-bond donors (Lipinski definition) is 2. The predicted molar refractivity (Wildman–Crippen MR) is 44.0 cm³/mol. The van der Waals surface area contributed by atoms with E-state index in [2.05, 4.69) is 5.32 Å². The van der Waals surface area contributed by atoms with Crippen molar-refractivity contribution < 1.29 is 4.79 Å². The van der Waals surface area contributed by atoms with Crippen LogP contribution in [0, 0.1) is 5.92 Å². The number of carbonyl (C=O) groups excluding carboxylic acids is 1. The normalized spacial score (nSPS) is 20.5. The third kappa shape index (κ3) is 2.19. The Labute approximate surface area is 67.3 Å². The number of carbonyl (C=O) groups is 1. The third-order valence-corrected chi connectivity index (χ3v) is 2.25. The quantitative estimate of drug-likeness (QED) is 0.615. The van der Waals surface area contributed by atoms with E-state index in [0.717, 1.165) is 12.8 Å². The van der Waals surface area contributed by atoms with E-state index < -0.39 is 0 Å². The van der Waals surface area contributed by atoms with Crippen LogP contribution in [-0.4, -0.2) is 18.5 Å². The molecule has 1 fully saturated rings. The summed E-state index contributed by atoms with van der Waals surface area (Å²) in [7, 11) is 0. The molecule has 0 aromatic heterocycles. The van der Waals surface area contributed by atoms with Gasteiger partial charge in [-0.1, -0.05) is 6.92 Å². The van der Waals surface area contributed by atoms with Crippen molar-refractivity contribution in [2.45, 2.75) is 32.2 Å². The van der Waals surface area contributed by atoms with Crippen LogP contribution >= 0.6 is 0 Å². The summed E-state index contributed by atoms with van der Waals surface area (Å²) in [6, 6.07) is 0.441. The lowest BCUT2D eigenvalue weighted by atomic mass is 9.92. The first-order chi connectivity index (χ1) is 5.24. The fourth-order valence-electron chi connectivity index (χ4n) is 1.00. The maximum absolute atomic E-state index is 11.2. The van der Waals surface area contributed by atoms with E-state index >= 15 is 0 Å². The van der Waals surface area contributed by atoms with E-state index in [1.54, 1.807) is 0 Å². The number of nitrogens with one attached hydrogen (secondary N) is 1. The molecule has 1 unspecified atom stereocenters. The lowest BCUT2D eigenvalue weighted by molar-refractivity contribution is -0.125. The van der Waals surface area contributed by atoms with Crippen molar-refractivity contribution in [1.82, 2.24) is 5.32 Å². The lowest BCUT2D eigenvalue weighted by Gasteiger charge is -2.27. The largest absolute Gasteiger partial charge is 0.353 e. The molecule has 1 aliphatic carbocycles. The zero-order chi connectivity index (χ0) is 8.27. The predicted octanol–water partition coefficient (Wildman–Crippen LogP) is 0.250. The van der Waals surface area contributed by atoms with Crippen molar-refractivity contribution in [2.75, 3.05) is 6.54 Å². The first-order valence-corrected chi connectivity index (χ1v) is 4.24. The van der Waals surface area contributed by atoms with E-state index in [1.807, 2.05) is 6.92 Å². The smallest absolute Gasteiger partial charge is 0.224 e. The zero-order valence-corrected chi connectivity index (χ0v) is 6.97. The Morgan fingerprint density at radius 2 is 2.36 bits per heavy atom. The monoisotopic (exact) mass is 156 g/mol. The minimum absolute atomic E-state index is 0.0319. The number of rotatable bonds is 3. The Hall–Kier alpha value is -0.570. The van der Waals surface area contributed by atoms with Crippen molar-refractivity contribution in [3.63, 3.8) is 0 Å². The van der Waals surface area contributed by atoms with Crippen molar-refractivity contribution in [3.05, 3.63) is 0 Å². The molecule has 0 heterocycles. The summed E-state index contributed by atoms with van der Waals surface area (Å²) in [4.78, 5) is 11.2. The topological polar surface area (TPSA) is 55.1 Å². The van der Waals surface area contributed by atoms with Gasteiger partial charge in [0.2, 0.25) is 5.91 Å². The highest BCUT2D eigenvalue weighted by molar-refractivity contribution is 5.78. The molecule has 64 valence electrons. The van der Waals surface area contributed by atoms with Gasteiger partial charge in [-0.2, -0.15) is 0 Å². The van der Waals surface area contributed by atoms with Crippen LogP contribution in [0.3, 0.4) is 0 Å². The average molecular weight is 156 g/mol. The minimum Gasteiger partial charge on any atom is -0.353 e. The molecule has 0 aliphatic heterocycles. The van der Waals surface area contributed by atoms with Crippen LogP contribution in [0.25, 0.3) is 0 Å². The second-order valence-corrected chi connectivity index (χ2v) is 3.27. The summed E-state index contributed by atoms with van der Waals surface area (Å²) in [6.07, 6.45) is 3.54. The molecule has 1 amide bonds. The van der Waals surface area contributed by atoms with Gasteiger partial charge in [0.15, 0.2) is 0 Å². The van der Waals surface area contributed by atoms with Crippen molar-refractivity contribution >= 4 is 5.91 Å². The molecule has 1 aliphatic rings. The molecule has 0 bridgehead atoms. The molecule has 1 atom stereocenters. The zero-order valence-electron chi connectivity index (χ0n) is 6.97. The summed E-state index contributed by atoms with van der Waals surface area (Å²) in [6.45, 7) is 2.30. The third-order valence-electron chi connectivity index (χ3n) is 2.25. The first-order valence-electron chi connectivity index (χ1n) is 4.24. The molecule has 0 radical (unpaired) electrons. The Kier molecular flexibility index (Phi) is 2.88. The fraction of sp³-hybridized carbons (Fsp3) is 0.875. The molecule has 11 heavy (non-hydrogen) atoms. The van der Waals surface area contributed by atoms with Gasteiger partial charge in [-0.3, -0.25) is 4.79 Å². The van der Waals surface area contributed by atoms with Crippen molar-refractivity contribution in [1.29, 1.82) is 0 Å². The lowest BCUT2D eigenvalue weighted by Crippen LogP contribution is -2.43. The van der Waals surface area contributed by atoms with Gasteiger partial charge in [-0.05, 0) is 19.3 Å². The molecule has 0 saturated heterocycles. The van der Waals surface area contributed by atoms with Gasteiger partial charge < -0.3 is 11.1 Å². The molecule has 1 saturated carbocycles. The number of hydrogen-bond acceptors (Lipinski definition) is 2. The van der Waals surface area contributed by atoms with Gasteiger partial charge in [0, 0.05) is 18.5 Å². The molecular weight excluding hydrogens is 140 g/mol. The van der Waals surface area contributed by atoms with Crippen LogP contribution in [0.15, 0.2) is 0 Å². The fourth-order valence-corrected chi connectivity index (χ4v) is 1.00. The summed E-state index contributed by atoms with van der Waals surface area (Å²) < 4.78 is 0. The van der Waals surface area contributed by atoms with E-state index in [1.165, 1.54) is 6.42 Å². The molecule has 3 heteroatoms. The molecular formula is C8H16N2O. The summed E-state index contributed by atoms with van der Waals surface area (Å²) in [5.41, 5.74) is 5.35. The molecule has 0 aromatic carbocycles. The summed E-state index contributed by atoms with van der Waals surface area (Å²) in [5.74, 6) is 0.0767. The standard InChI is InChI=1S/C8H16N2O/c1-6(5-9)8(11)10-7-3-2-4-7/h6-7H,2-5,9H2,1H3,(H,10,11). The minimum atomic E-state index is -0.0319. The van der Waals surface area contributed by atoms with Gasteiger partial charge in [-0.25, -0.2) is 0 Å². The SMILES string of the molecule is CC(CN)C(=O)NC1CCC1. The van der Waals surface area contributed by atoms with Crippen LogP contribution in [0.1, 0.15) is 26.2 Å². The number of amides is 1. The van der Waals surface area contributed by atoms with Crippen LogP contribution in [0.4, 0.5) is 0 Å². The summed E-state index contributed by atoms with van der Waals surface area (Å²) in [5, 5.41) is 2.95. The van der Waals surface area contributed by atoms with Crippen molar-refractivity contribution in [2.24, 2.45) is 11.7 Å². The van der Waals surface area contributed by atoms with Crippen LogP contribution < -0.4 is 11.1 Å². The maximum atomic E-state index is 11.2. The van der Waals surface area contributed by atoms with E-state index in [-0.39, 0.29) is 11.8 Å². The summed E-state index contributed by atoms with van der Waals surface area (Å²) >= 11 is 0. The highest BCUT2D eigenvalue weighted by Gasteiger charge is 2.21. The molecule has 3 nitrogen and oxygen atoms in total. The van der Waals surface area contributed by atoms with E-state index in [9.17, 15) is 4.79 Å². The van der Waals surface area contributed by atoms with Crippen LogP contribution in [-0.2, 0) is 4.79 Å². The van der Waals surface area contributed by atoms with Crippen molar-refractivity contribution in [3.8, 4) is 0 Å². The molecule has 3 N–H and O–H groups in total. The highest BCUT2D eigenvalue weighted by atomic mass is 16.1. The van der Waals surface area contributed by atoms with E-state index in [0.29, 0.717) is 12.6 Å². The van der Waals surface area contributed by atoms with Gasteiger partial charge in [-0.15, -0.1) is 0 Å². The first kappa shape index (κ1) is 8.53. The second kappa shape index (κ2) is 3.72. The Morgan fingerprint density at radius 1 is 1.73 bits per heavy atom. The van der Waals surface area contributed by atoms with Crippen LogP contribution in [0.5, 0.6) is 0 Å². The second-order valence-electron chi connectivity index (χ2n) is 3.27. The van der Waals surface area contributed by atoms with Crippen LogP contribution in [0.2, 0.25) is 0 Å². The molecule has 1 rings (SSSR count). The van der Waals surface area contributed by atoms with Gasteiger partial charge in [0.1, 0.15) is 0 Å². The van der Waals surface area contributed by atoms with E-state index in [4.69, 9.17) is 5.73 Å². The molecule has 0 spiro atoms. The Balaban J connectivity index is 2.19. The van der Waals surface area contributed by atoms with Gasteiger partial charge in [0.25, 0.3) is 0 Å². The van der Waals surface area contributed by atoms with Gasteiger partial charge >= 0.3 is 0 Å². The van der Waals surface area contributed by atoms with Gasteiger partial charge in [0.05, 0.1) is 0 Å². The Morgan fingerprint density at radius 3 is 2.73 bits per heavy atom. The number of nitrogens with two attached hydrogens (primary N) is 1. The molecule has 0 aromatic rings. The average Bonchev–Trinajstić information content (AvgIpc) is 1.94. The maximum Gasteiger partial charge on any atom is 0.224 e. The Bertz CT molecular complexity index is 143. The highest BCUT2D eigenvalue weighted by Crippen LogP contribution is 2.18.